The first-order valence-corrected chi connectivity index (χ1v) is 31.6. The minimum absolute atomic E-state index is 0.0226. The van der Waals surface area contributed by atoms with Gasteiger partial charge in [0, 0.05) is 87.9 Å². The van der Waals surface area contributed by atoms with Gasteiger partial charge in [0.05, 0.1) is 22.1 Å². The smallest absolute Gasteiger partial charge is 0.251 e. The summed E-state index contributed by atoms with van der Waals surface area (Å²) in [5.74, 6) is 0. The molecule has 6 heteroatoms. The molecule has 0 saturated heterocycles. The molecule has 0 N–H and O–H groups in total. The molecular weight excluding hydrogens is 1060 g/mol. The van der Waals surface area contributed by atoms with Gasteiger partial charge in [-0.2, -0.15) is 0 Å². The van der Waals surface area contributed by atoms with Gasteiger partial charge >= 0.3 is 0 Å². The molecule has 0 bridgehead atoms. The van der Waals surface area contributed by atoms with Crippen molar-refractivity contribution in [3.63, 3.8) is 0 Å². The van der Waals surface area contributed by atoms with Crippen molar-refractivity contribution in [3.05, 3.63) is 229 Å². The van der Waals surface area contributed by atoms with Crippen LogP contribution in [0.3, 0.4) is 0 Å². The topological polar surface area (TPSA) is 19.7 Å². The van der Waals surface area contributed by atoms with E-state index in [1.807, 2.05) is 0 Å². The molecule has 0 unspecified atom stereocenters. The predicted octanol–water partition coefficient (Wildman–Crippen LogP) is 16.6. The highest BCUT2D eigenvalue weighted by molar-refractivity contribution is 7.16. The standard InChI is InChI=1S/C82H58B2N4/c1-43-15-19-45(20-16-43)49-27-35-59-55(39-49)67-69-57-41-51(47-23-31-53(32-24-47)81(3,4)5)29-37-61(57)87-66-14-10-12-64-72(66)84-74-76-80-70(68-56-40-50(46-21-17-44(2)18-22-46)28-36-60(56)86(64)78(68)74)58-42-52(48-25-33-54(34-26-48)82(6,7)8)30-38-62(58)88(80)65-13-9-11-63-71(65)83(76)73(75(84)79(69)87)77(67)85(59)63/h9-42H,1-8H3. The first-order chi connectivity index (χ1) is 42.8. The first-order valence-electron chi connectivity index (χ1n) is 31.6. The molecule has 0 atom stereocenters. The van der Waals surface area contributed by atoms with Crippen LogP contribution in [-0.4, -0.2) is 31.7 Å². The molecule has 5 aliphatic rings. The fraction of sp³-hybridized carbons (Fsp3) is 0.122. The summed E-state index contributed by atoms with van der Waals surface area (Å²) in [5, 5.41) is 10.7. The third-order valence-electron chi connectivity index (χ3n) is 21.7. The Morgan fingerprint density at radius 2 is 0.500 bits per heavy atom. The van der Waals surface area contributed by atoms with Crippen molar-refractivity contribution in [2.24, 2.45) is 0 Å². The van der Waals surface area contributed by atoms with Crippen LogP contribution >= 0.6 is 0 Å². The van der Waals surface area contributed by atoms with E-state index in [0.29, 0.717) is 0 Å². The number of hydrogen-bond acceptors (Lipinski definition) is 0. The van der Waals surface area contributed by atoms with E-state index in [4.69, 9.17) is 0 Å². The maximum absolute atomic E-state index is 2.73. The van der Waals surface area contributed by atoms with Crippen LogP contribution in [0.5, 0.6) is 0 Å². The Kier molecular flexibility index (Phi) is 8.61. The van der Waals surface area contributed by atoms with Crippen molar-refractivity contribution < 1.29 is 0 Å². The third kappa shape index (κ3) is 5.69. The van der Waals surface area contributed by atoms with Gasteiger partial charge < -0.3 is 18.3 Å². The zero-order valence-corrected chi connectivity index (χ0v) is 50.6. The SMILES string of the molecule is Cc1ccc(-c2ccc3c(c2)c2c4c5cc(-c6ccc(C(C)(C)C)cc6)ccc5n5c4c4c6c2n3-c2cccc3c2B6c2c6c7c(c8cc(-c9ccc(C)cc9)ccc8n7-c7cccc-5c7B64)c4c5cc(-c6ccc(C(C)(C)C)cc6)ccc5n-3c24)cc1. The lowest BCUT2D eigenvalue weighted by atomic mass is 9.18. The molecule has 16 aromatic rings. The van der Waals surface area contributed by atoms with E-state index < -0.39 is 0 Å². The second-order valence-corrected chi connectivity index (χ2v) is 28.5. The lowest BCUT2D eigenvalue weighted by Crippen LogP contribution is -2.79. The van der Waals surface area contributed by atoms with E-state index in [1.54, 1.807) is 0 Å². The van der Waals surface area contributed by atoms with Crippen LogP contribution < -0.4 is 32.8 Å². The van der Waals surface area contributed by atoms with E-state index in [9.17, 15) is 0 Å². The number of aryl methyl sites for hydroxylation is 2. The van der Waals surface area contributed by atoms with Crippen LogP contribution in [0.15, 0.2) is 206 Å². The molecule has 0 amide bonds. The van der Waals surface area contributed by atoms with Gasteiger partial charge in [0.25, 0.3) is 13.4 Å². The van der Waals surface area contributed by atoms with E-state index in [2.05, 4.69) is 280 Å². The average Bonchev–Trinajstić information content (AvgIpc) is 1.34. The second kappa shape index (κ2) is 15.7. The Balaban J connectivity index is 0.975. The highest BCUT2D eigenvalue weighted by Crippen LogP contribution is 2.51. The molecule has 21 rings (SSSR count). The third-order valence-corrected chi connectivity index (χ3v) is 21.7. The summed E-state index contributed by atoms with van der Waals surface area (Å²) in [6, 6.07) is 81.1. The van der Waals surface area contributed by atoms with E-state index in [-0.39, 0.29) is 24.3 Å². The number of benzene rings is 12. The molecule has 0 fully saturated rings. The molecule has 0 radical (unpaired) electrons. The zero-order valence-electron chi connectivity index (χ0n) is 50.6. The van der Waals surface area contributed by atoms with E-state index in [0.717, 1.165) is 0 Å². The summed E-state index contributed by atoms with van der Waals surface area (Å²) >= 11 is 0. The van der Waals surface area contributed by atoms with Gasteiger partial charge in [-0.3, -0.25) is 0 Å². The molecule has 412 valence electrons. The second-order valence-electron chi connectivity index (χ2n) is 28.5. The van der Waals surface area contributed by atoms with Crippen LogP contribution in [0.2, 0.25) is 0 Å². The molecule has 0 saturated carbocycles. The highest BCUT2D eigenvalue weighted by Gasteiger charge is 2.55. The van der Waals surface area contributed by atoms with Crippen LogP contribution in [0.1, 0.15) is 63.8 Å². The molecule has 88 heavy (non-hydrogen) atoms. The van der Waals surface area contributed by atoms with E-state index in [1.165, 1.54) is 210 Å². The van der Waals surface area contributed by atoms with Gasteiger partial charge in [0.2, 0.25) is 0 Å². The van der Waals surface area contributed by atoms with Gasteiger partial charge in [-0.15, -0.1) is 0 Å². The maximum atomic E-state index is 2.73. The summed E-state index contributed by atoms with van der Waals surface area (Å²) in [7, 11) is 0. The average molecular weight is 1120 g/mol. The minimum Gasteiger partial charge on any atom is -0.310 e. The van der Waals surface area contributed by atoms with Crippen molar-refractivity contribution in [2.75, 3.05) is 0 Å². The molecule has 0 spiro atoms. The number of nitrogens with zero attached hydrogens (tertiary/aromatic N) is 4. The van der Waals surface area contributed by atoms with E-state index >= 15 is 0 Å². The fourth-order valence-electron chi connectivity index (χ4n) is 17.7. The van der Waals surface area contributed by atoms with Crippen LogP contribution in [0.4, 0.5) is 0 Å². The Morgan fingerprint density at radius 3 is 0.750 bits per heavy atom. The maximum Gasteiger partial charge on any atom is 0.251 e. The largest absolute Gasteiger partial charge is 0.310 e. The van der Waals surface area contributed by atoms with Gasteiger partial charge in [0.1, 0.15) is 0 Å². The Morgan fingerprint density at radius 1 is 0.261 bits per heavy atom. The number of aromatic nitrogens is 4. The van der Waals surface area contributed by atoms with Crippen molar-refractivity contribution in [3.8, 4) is 67.3 Å². The summed E-state index contributed by atoms with van der Waals surface area (Å²) < 4.78 is 10.9. The minimum atomic E-state index is -0.0226. The van der Waals surface area contributed by atoms with Gasteiger partial charge in [-0.1, -0.05) is 186 Å². The lowest BCUT2D eigenvalue weighted by Gasteiger charge is -2.44. The Hall–Kier alpha value is -10.0. The van der Waals surface area contributed by atoms with Crippen molar-refractivity contribution >= 4 is 133 Å². The predicted molar refractivity (Wildman–Crippen MR) is 375 cm³/mol. The number of hydrogen-bond donors (Lipinski definition) is 0. The summed E-state index contributed by atoms with van der Waals surface area (Å²) in [6.07, 6.45) is 0. The summed E-state index contributed by atoms with van der Waals surface area (Å²) in [5.41, 5.74) is 39.6. The molecule has 12 aromatic carbocycles. The molecular formula is C82H58B2N4. The molecule has 9 heterocycles. The number of rotatable bonds is 4. The zero-order chi connectivity index (χ0) is 58.4. The monoisotopic (exact) mass is 1120 g/mol. The fourth-order valence-corrected chi connectivity index (χ4v) is 17.7. The molecule has 4 aromatic heterocycles. The Bertz CT molecular complexity index is 5620. The first kappa shape index (κ1) is 48.1. The van der Waals surface area contributed by atoms with Gasteiger partial charge in [-0.25, -0.2) is 0 Å². The molecule has 4 nitrogen and oxygen atoms in total. The normalized spacial score (nSPS) is 13.9. The lowest BCUT2D eigenvalue weighted by molar-refractivity contribution is 0.590. The van der Waals surface area contributed by atoms with Gasteiger partial charge in [0.15, 0.2) is 0 Å². The van der Waals surface area contributed by atoms with Crippen molar-refractivity contribution in [1.82, 2.24) is 18.3 Å². The molecule has 0 aliphatic carbocycles. The van der Waals surface area contributed by atoms with Crippen LogP contribution in [-0.2, 0) is 10.8 Å². The highest BCUT2D eigenvalue weighted by atomic mass is 15.1. The van der Waals surface area contributed by atoms with Crippen LogP contribution in [0, 0.1) is 13.8 Å². The summed E-state index contributed by atoms with van der Waals surface area (Å²) in [6.45, 7) is 18.2. The van der Waals surface area contributed by atoms with Crippen molar-refractivity contribution in [1.29, 1.82) is 0 Å². The number of fused-ring (bicyclic) bond motifs is 18. The van der Waals surface area contributed by atoms with Gasteiger partial charge in [-0.05, 0) is 186 Å². The summed E-state index contributed by atoms with van der Waals surface area (Å²) in [4.78, 5) is 0. The van der Waals surface area contributed by atoms with Crippen LogP contribution in [0.25, 0.3) is 154 Å². The Labute approximate surface area is 510 Å². The van der Waals surface area contributed by atoms with Crippen molar-refractivity contribution in [2.45, 2.75) is 66.2 Å². The molecule has 5 aliphatic heterocycles. The quantitative estimate of drug-likeness (QED) is 0.157.